The first kappa shape index (κ1) is 25.6. The first-order valence-corrected chi connectivity index (χ1v) is 13.9. The number of benzene rings is 3. The summed E-state index contributed by atoms with van der Waals surface area (Å²) in [5, 5.41) is 4.06. The van der Waals surface area contributed by atoms with Gasteiger partial charge in [-0.05, 0) is 55.8 Å². The third-order valence-corrected chi connectivity index (χ3v) is 8.00. The summed E-state index contributed by atoms with van der Waals surface area (Å²) in [5.41, 5.74) is 4.33. The molecule has 8 heteroatoms. The predicted molar refractivity (Wildman–Crippen MR) is 159 cm³/mol. The lowest BCUT2D eigenvalue weighted by Crippen LogP contribution is -2.40. The van der Waals surface area contributed by atoms with E-state index in [9.17, 15) is 9.59 Å². The Labute approximate surface area is 235 Å². The standard InChI is InChI=1S/C32H28N4O3S/c1-4-39-24-16-14-21(15-17-24)29-28(30(37)34-23-10-6-5-7-11-23)20(2)33-32-36(29)31(38)27(40-32)18-22-19-35(3)26-13-9-8-12-25(22)26/h5-19,29H,4H2,1-3H3,(H,34,37)/b27-18-/t29-/m1/s1. The number of fused-ring (bicyclic) bond motifs is 2. The number of allylic oxidation sites excluding steroid dienone is 1. The number of hydrogen-bond donors (Lipinski definition) is 1. The molecule has 0 spiro atoms. The predicted octanol–water partition coefficient (Wildman–Crippen LogP) is 4.76. The molecule has 3 heterocycles. The van der Waals surface area contributed by atoms with Crippen LogP contribution in [0.25, 0.3) is 17.0 Å². The third-order valence-electron chi connectivity index (χ3n) is 7.02. The molecule has 2 aromatic heterocycles. The molecule has 3 aromatic carbocycles. The molecule has 6 rings (SSSR count). The molecular formula is C32H28N4O3S. The van der Waals surface area contributed by atoms with Crippen molar-refractivity contribution in [3.8, 4) is 5.75 Å². The number of nitrogens with zero attached hydrogens (tertiary/aromatic N) is 3. The molecule has 0 saturated heterocycles. The molecule has 0 radical (unpaired) electrons. The zero-order valence-electron chi connectivity index (χ0n) is 22.4. The summed E-state index contributed by atoms with van der Waals surface area (Å²) in [7, 11) is 1.99. The van der Waals surface area contributed by atoms with Crippen LogP contribution >= 0.6 is 11.3 Å². The van der Waals surface area contributed by atoms with Crippen molar-refractivity contribution < 1.29 is 9.53 Å². The minimum absolute atomic E-state index is 0.187. The summed E-state index contributed by atoms with van der Waals surface area (Å²) in [5.74, 6) is 0.431. The fourth-order valence-corrected chi connectivity index (χ4v) is 6.23. The largest absolute Gasteiger partial charge is 0.494 e. The van der Waals surface area contributed by atoms with Crippen molar-refractivity contribution in [3.05, 3.63) is 127 Å². The van der Waals surface area contributed by atoms with Gasteiger partial charge in [0.05, 0.1) is 28.5 Å². The Morgan fingerprint density at radius 2 is 1.77 bits per heavy atom. The van der Waals surface area contributed by atoms with Crippen LogP contribution < -0.4 is 24.9 Å². The van der Waals surface area contributed by atoms with E-state index in [-0.39, 0.29) is 11.5 Å². The van der Waals surface area contributed by atoms with Gasteiger partial charge in [0, 0.05) is 35.4 Å². The quantitative estimate of drug-likeness (QED) is 0.332. The molecule has 1 aliphatic heterocycles. The van der Waals surface area contributed by atoms with E-state index < -0.39 is 6.04 Å². The number of anilines is 1. The molecular weight excluding hydrogens is 520 g/mol. The third kappa shape index (κ3) is 4.56. The highest BCUT2D eigenvalue weighted by Crippen LogP contribution is 2.32. The normalized spacial score (nSPS) is 15.2. The van der Waals surface area contributed by atoms with Crippen molar-refractivity contribution in [2.24, 2.45) is 12.0 Å². The van der Waals surface area contributed by atoms with Crippen LogP contribution in [0.15, 0.2) is 106 Å². The van der Waals surface area contributed by atoms with Crippen molar-refractivity contribution in [2.75, 3.05) is 11.9 Å². The van der Waals surface area contributed by atoms with E-state index in [0.29, 0.717) is 32.9 Å². The maximum atomic E-state index is 14.0. The Bertz CT molecular complexity index is 1950. The monoisotopic (exact) mass is 548 g/mol. The molecule has 200 valence electrons. The molecule has 40 heavy (non-hydrogen) atoms. The van der Waals surface area contributed by atoms with Gasteiger partial charge in [-0.3, -0.25) is 14.2 Å². The first-order chi connectivity index (χ1) is 19.4. The number of carbonyl (C=O) groups excluding carboxylic acids is 1. The van der Waals surface area contributed by atoms with Gasteiger partial charge < -0.3 is 14.6 Å². The number of amides is 1. The van der Waals surface area contributed by atoms with Crippen LogP contribution in [-0.2, 0) is 11.8 Å². The number of thiazole rings is 1. The van der Waals surface area contributed by atoms with Gasteiger partial charge in [-0.2, -0.15) is 0 Å². The summed E-state index contributed by atoms with van der Waals surface area (Å²) in [6.07, 6.45) is 3.95. The van der Waals surface area contributed by atoms with Crippen molar-refractivity contribution in [3.63, 3.8) is 0 Å². The zero-order chi connectivity index (χ0) is 27.8. The highest BCUT2D eigenvalue weighted by Gasteiger charge is 2.32. The molecule has 1 atom stereocenters. The number of rotatable bonds is 6. The summed E-state index contributed by atoms with van der Waals surface area (Å²) in [6.45, 7) is 4.30. The van der Waals surface area contributed by atoms with E-state index in [1.807, 2.05) is 99.9 Å². The fraction of sp³-hybridized carbons (Fsp3) is 0.156. The number of para-hydroxylation sites is 2. The molecule has 1 aliphatic rings. The van der Waals surface area contributed by atoms with Gasteiger partial charge in [0.15, 0.2) is 4.80 Å². The highest BCUT2D eigenvalue weighted by atomic mass is 32.1. The van der Waals surface area contributed by atoms with Crippen molar-refractivity contribution in [1.82, 2.24) is 9.13 Å². The second kappa shape index (κ2) is 10.5. The molecule has 0 unspecified atom stereocenters. The summed E-state index contributed by atoms with van der Waals surface area (Å²) in [4.78, 5) is 33.1. The summed E-state index contributed by atoms with van der Waals surface area (Å²) in [6, 6.07) is 24.3. The van der Waals surface area contributed by atoms with Crippen LogP contribution in [0.3, 0.4) is 0 Å². The van der Waals surface area contributed by atoms with Gasteiger partial charge in [0.1, 0.15) is 5.75 Å². The number of carbonyl (C=O) groups is 1. The smallest absolute Gasteiger partial charge is 0.271 e. The van der Waals surface area contributed by atoms with Crippen LogP contribution in [0.1, 0.15) is 31.0 Å². The fourth-order valence-electron chi connectivity index (χ4n) is 5.19. The topological polar surface area (TPSA) is 77.6 Å². The van der Waals surface area contributed by atoms with E-state index in [0.717, 1.165) is 27.8 Å². The Balaban J connectivity index is 1.52. The maximum absolute atomic E-state index is 14.0. The van der Waals surface area contributed by atoms with Crippen LogP contribution in [0, 0.1) is 0 Å². The van der Waals surface area contributed by atoms with Gasteiger partial charge in [-0.1, -0.05) is 59.9 Å². The Hall–Kier alpha value is -4.69. The van der Waals surface area contributed by atoms with E-state index in [2.05, 4.69) is 22.0 Å². The summed E-state index contributed by atoms with van der Waals surface area (Å²) >= 11 is 1.33. The van der Waals surface area contributed by atoms with Gasteiger partial charge in [-0.25, -0.2) is 4.99 Å². The minimum Gasteiger partial charge on any atom is -0.494 e. The molecule has 1 amide bonds. The average molecular weight is 549 g/mol. The summed E-state index contributed by atoms with van der Waals surface area (Å²) < 4.78 is 9.89. The molecule has 0 bridgehead atoms. The molecule has 0 aliphatic carbocycles. The number of hydrogen-bond acceptors (Lipinski definition) is 5. The number of aryl methyl sites for hydroxylation is 1. The second-order valence-corrected chi connectivity index (χ2v) is 10.6. The van der Waals surface area contributed by atoms with Gasteiger partial charge in [-0.15, -0.1) is 0 Å². The minimum atomic E-state index is -0.648. The van der Waals surface area contributed by atoms with Crippen LogP contribution in [0.5, 0.6) is 5.75 Å². The number of aromatic nitrogens is 2. The molecule has 1 N–H and O–H groups in total. The first-order valence-electron chi connectivity index (χ1n) is 13.1. The Kier molecular flexibility index (Phi) is 6.69. The second-order valence-electron chi connectivity index (χ2n) is 9.62. The van der Waals surface area contributed by atoms with E-state index in [1.54, 1.807) is 4.57 Å². The molecule has 0 saturated carbocycles. The van der Waals surface area contributed by atoms with Gasteiger partial charge >= 0.3 is 0 Å². The average Bonchev–Trinajstić information content (AvgIpc) is 3.44. The molecule has 7 nitrogen and oxygen atoms in total. The Morgan fingerprint density at radius 1 is 1.05 bits per heavy atom. The zero-order valence-corrected chi connectivity index (χ0v) is 23.2. The van der Waals surface area contributed by atoms with Crippen molar-refractivity contribution >= 4 is 39.9 Å². The maximum Gasteiger partial charge on any atom is 0.271 e. The highest BCUT2D eigenvalue weighted by molar-refractivity contribution is 7.07. The van der Waals surface area contributed by atoms with Crippen molar-refractivity contribution in [2.45, 2.75) is 19.9 Å². The van der Waals surface area contributed by atoms with Gasteiger partial charge in [0.25, 0.3) is 11.5 Å². The molecule has 5 aromatic rings. The Morgan fingerprint density at radius 3 is 2.52 bits per heavy atom. The van der Waals surface area contributed by atoms with E-state index in [1.165, 1.54) is 11.3 Å². The van der Waals surface area contributed by atoms with Crippen molar-refractivity contribution in [1.29, 1.82) is 0 Å². The number of nitrogens with one attached hydrogen (secondary N) is 1. The van der Waals surface area contributed by atoms with Crippen LogP contribution in [-0.4, -0.2) is 21.6 Å². The van der Waals surface area contributed by atoms with Gasteiger partial charge in [0.2, 0.25) is 0 Å². The lowest BCUT2D eigenvalue weighted by Gasteiger charge is -2.25. The van der Waals surface area contributed by atoms with E-state index in [4.69, 9.17) is 9.73 Å². The van der Waals surface area contributed by atoms with E-state index >= 15 is 0 Å². The SMILES string of the molecule is CCOc1ccc([C@@H]2C(C(=O)Nc3ccccc3)=C(C)N=c3s/c(=C\c4cn(C)c5ccccc45)c(=O)n32)cc1. The lowest BCUT2D eigenvalue weighted by atomic mass is 9.95. The lowest BCUT2D eigenvalue weighted by molar-refractivity contribution is -0.113. The van der Waals surface area contributed by atoms with Crippen LogP contribution in [0.2, 0.25) is 0 Å². The van der Waals surface area contributed by atoms with Crippen LogP contribution in [0.4, 0.5) is 5.69 Å². The molecule has 0 fully saturated rings. The number of ether oxygens (including phenoxy) is 1.